The van der Waals surface area contributed by atoms with Crippen LogP contribution in [0.1, 0.15) is 32.6 Å². The average Bonchev–Trinajstić information content (AvgIpc) is 3.21. The molecule has 0 aromatic carbocycles. The molecular weight excluding hydrogens is 290 g/mol. The van der Waals surface area contributed by atoms with Crippen LogP contribution < -0.4 is 10.6 Å². The van der Waals surface area contributed by atoms with Crippen molar-refractivity contribution in [3.05, 3.63) is 0 Å². The molecule has 1 fully saturated rings. The fraction of sp³-hybridized carbons (Fsp3) is 0.929. The zero-order valence-corrected chi connectivity index (χ0v) is 14.0. The van der Waals surface area contributed by atoms with Gasteiger partial charge in [0.15, 0.2) is 5.96 Å². The summed E-state index contributed by atoms with van der Waals surface area (Å²) in [6.45, 7) is 5.79. The van der Waals surface area contributed by atoms with Crippen molar-refractivity contribution < 1.29 is 13.2 Å². The number of guanidine groups is 1. The molecule has 6 nitrogen and oxygen atoms in total. The lowest BCUT2D eigenvalue weighted by molar-refractivity contribution is 0.123. The molecule has 1 saturated carbocycles. The van der Waals surface area contributed by atoms with Crippen LogP contribution in [0.25, 0.3) is 0 Å². The number of hydrogen-bond donors (Lipinski definition) is 2. The van der Waals surface area contributed by atoms with E-state index in [0.717, 1.165) is 44.6 Å². The maximum absolute atomic E-state index is 11.0. The summed E-state index contributed by atoms with van der Waals surface area (Å²) in [6.07, 6.45) is 5.40. The number of sulfone groups is 1. The molecule has 0 spiro atoms. The highest BCUT2D eigenvalue weighted by Gasteiger charge is 2.20. The first-order chi connectivity index (χ1) is 10.0. The third-order valence-corrected chi connectivity index (χ3v) is 4.13. The van der Waals surface area contributed by atoms with Crippen molar-refractivity contribution in [3.63, 3.8) is 0 Å². The topological polar surface area (TPSA) is 79.8 Å². The largest absolute Gasteiger partial charge is 0.381 e. The van der Waals surface area contributed by atoms with Gasteiger partial charge in [0.2, 0.25) is 0 Å². The fourth-order valence-electron chi connectivity index (χ4n) is 1.77. The predicted octanol–water partition coefficient (Wildman–Crippen LogP) is 0.793. The lowest BCUT2D eigenvalue weighted by atomic mass is 10.4. The molecule has 0 unspecified atom stereocenters. The molecule has 1 aliphatic carbocycles. The van der Waals surface area contributed by atoms with Crippen LogP contribution in [0.4, 0.5) is 0 Å². The summed E-state index contributed by atoms with van der Waals surface area (Å²) < 4.78 is 27.6. The van der Waals surface area contributed by atoms with Crippen molar-refractivity contribution >= 4 is 15.8 Å². The van der Waals surface area contributed by atoms with E-state index >= 15 is 0 Å². The van der Waals surface area contributed by atoms with E-state index in [0.29, 0.717) is 13.0 Å². The monoisotopic (exact) mass is 319 g/mol. The summed E-state index contributed by atoms with van der Waals surface area (Å²) in [5.41, 5.74) is 0. The van der Waals surface area contributed by atoms with Crippen LogP contribution >= 0.6 is 0 Å². The molecule has 0 atom stereocenters. The van der Waals surface area contributed by atoms with Gasteiger partial charge in [0.25, 0.3) is 0 Å². The minimum Gasteiger partial charge on any atom is -0.381 e. The first-order valence-electron chi connectivity index (χ1n) is 7.79. The van der Waals surface area contributed by atoms with Gasteiger partial charge >= 0.3 is 0 Å². The smallest absolute Gasteiger partial charge is 0.191 e. The number of aliphatic imine (C=N–C) groups is 1. The highest BCUT2D eigenvalue weighted by atomic mass is 32.2. The van der Waals surface area contributed by atoms with E-state index in [1.165, 1.54) is 19.1 Å². The van der Waals surface area contributed by atoms with E-state index in [1.807, 2.05) is 6.92 Å². The van der Waals surface area contributed by atoms with E-state index in [2.05, 4.69) is 15.6 Å². The quantitative estimate of drug-likeness (QED) is 0.334. The SMILES string of the molecule is CCNC(=NCCCS(C)(=O)=O)NCCCOCC1CC1. The molecule has 0 aromatic heterocycles. The van der Waals surface area contributed by atoms with Crippen LogP contribution in [0, 0.1) is 5.92 Å². The molecule has 1 aliphatic rings. The van der Waals surface area contributed by atoms with Crippen molar-refractivity contribution in [1.29, 1.82) is 0 Å². The minimum absolute atomic E-state index is 0.185. The first kappa shape index (κ1) is 18.2. The lowest BCUT2D eigenvalue weighted by Gasteiger charge is -2.11. The van der Waals surface area contributed by atoms with Gasteiger partial charge in [-0.15, -0.1) is 0 Å². The van der Waals surface area contributed by atoms with Gasteiger partial charge in [0.1, 0.15) is 9.84 Å². The number of nitrogens with zero attached hydrogens (tertiary/aromatic N) is 1. The predicted molar refractivity (Wildman–Crippen MR) is 86.5 cm³/mol. The number of hydrogen-bond acceptors (Lipinski definition) is 4. The second-order valence-corrected chi connectivity index (χ2v) is 7.80. The zero-order chi connectivity index (χ0) is 15.6. The van der Waals surface area contributed by atoms with Crippen LogP contribution in [-0.2, 0) is 14.6 Å². The standard InChI is InChI=1S/C14H29N3O3S/c1-3-15-14(17-9-5-11-21(2,18)19)16-8-4-10-20-12-13-6-7-13/h13H,3-12H2,1-2H3,(H2,15,16,17). The van der Waals surface area contributed by atoms with Gasteiger partial charge in [-0.05, 0) is 38.5 Å². The molecular formula is C14H29N3O3S. The van der Waals surface area contributed by atoms with E-state index in [4.69, 9.17) is 4.74 Å². The van der Waals surface area contributed by atoms with Crippen LogP contribution in [0.5, 0.6) is 0 Å². The molecule has 124 valence electrons. The molecule has 7 heteroatoms. The molecule has 2 N–H and O–H groups in total. The van der Waals surface area contributed by atoms with E-state index in [1.54, 1.807) is 0 Å². The summed E-state index contributed by atoms with van der Waals surface area (Å²) in [4.78, 5) is 4.36. The van der Waals surface area contributed by atoms with E-state index in [-0.39, 0.29) is 5.75 Å². The highest BCUT2D eigenvalue weighted by molar-refractivity contribution is 7.90. The van der Waals surface area contributed by atoms with E-state index < -0.39 is 9.84 Å². The normalized spacial score (nSPS) is 16.0. The molecule has 0 saturated heterocycles. The summed E-state index contributed by atoms with van der Waals surface area (Å²) in [7, 11) is -2.89. The second-order valence-electron chi connectivity index (χ2n) is 5.54. The molecule has 0 heterocycles. The van der Waals surface area contributed by atoms with Gasteiger partial charge in [-0.1, -0.05) is 0 Å². The highest BCUT2D eigenvalue weighted by Crippen LogP contribution is 2.28. The van der Waals surface area contributed by atoms with Gasteiger partial charge in [0.05, 0.1) is 5.75 Å². The Morgan fingerprint density at radius 1 is 1.29 bits per heavy atom. The Morgan fingerprint density at radius 3 is 2.67 bits per heavy atom. The molecule has 0 bridgehead atoms. The Kier molecular flexibility index (Phi) is 8.68. The molecule has 0 amide bonds. The Morgan fingerprint density at radius 2 is 2.05 bits per heavy atom. The molecule has 0 aromatic rings. The Hall–Kier alpha value is -0.820. The Balaban J connectivity index is 2.09. The summed E-state index contributed by atoms with van der Waals surface area (Å²) >= 11 is 0. The van der Waals surface area contributed by atoms with Crippen molar-refractivity contribution in [2.24, 2.45) is 10.9 Å². The zero-order valence-electron chi connectivity index (χ0n) is 13.2. The van der Waals surface area contributed by atoms with E-state index in [9.17, 15) is 8.42 Å². The summed E-state index contributed by atoms with van der Waals surface area (Å²) in [5.74, 6) is 1.74. The molecule has 0 aliphatic heterocycles. The molecule has 0 radical (unpaired) electrons. The van der Waals surface area contributed by atoms with Crippen LogP contribution in [0.2, 0.25) is 0 Å². The van der Waals surface area contributed by atoms with Crippen molar-refractivity contribution in [2.75, 3.05) is 44.9 Å². The Labute approximate surface area is 128 Å². The van der Waals surface area contributed by atoms with Crippen LogP contribution in [0.15, 0.2) is 4.99 Å². The van der Waals surface area contributed by atoms with Crippen molar-refractivity contribution in [3.8, 4) is 0 Å². The van der Waals surface area contributed by atoms with Gasteiger partial charge < -0.3 is 15.4 Å². The van der Waals surface area contributed by atoms with Gasteiger partial charge in [-0.25, -0.2) is 8.42 Å². The Bertz CT molecular complexity index is 406. The minimum atomic E-state index is -2.89. The van der Waals surface area contributed by atoms with Gasteiger partial charge in [-0.2, -0.15) is 0 Å². The third-order valence-electron chi connectivity index (χ3n) is 3.10. The number of nitrogens with one attached hydrogen (secondary N) is 2. The number of ether oxygens (including phenoxy) is 1. The fourth-order valence-corrected chi connectivity index (χ4v) is 2.43. The maximum Gasteiger partial charge on any atom is 0.191 e. The van der Waals surface area contributed by atoms with Crippen LogP contribution in [0.3, 0.4) is 0 Å². The summed E-state index contributed by atoms with van der Waals surface area (Å²) in [6, 6.07) is 0. The van der Waals surface area contributed by atoms with Crippen LogP contribution in [-0.4, -0.2) is 59.2 Å². The average molecular weight is 319 g/mol. The second kappa shape index (κ2) is 10.00. The van der Waals surface area contributed by atoms with Gasteiger partial charge in [0, 0.05) is 39.1 Å². The third kappa shape index (κ3) is 11.5. The lowest BCUT2D eigenvalue weighted by Crippen LogP contribution is -2.38. The van der Waals surface area contributed by atoms with Crippen molar-refractivity contribution in [1.82, 2.24) is 10.6 Å². The van der Waals surface area contributed by atoms with Gasteiger partial charge in [-0.3, -0.25) is 4.99 Å². The molecule has 1 rings (SSSR count). The molecule has 21 heavy (non-hydrogen) atoms. The first-order valence-corrected chi connectivity index (χ1v) is 9.85. The number of rotatable bonds is 11. The maximum atomic E-state index is 11.0. The van der Waals surface area contributed by atoms with Crippen molar-refractivity contribution in [2.45, 2.75) is 32.6 Å². The summed E-state index contributed by atoms with van der Waals surface area (Å²) in [5, 5.41) is 6.38.